The van der Waals surface area contributed by atoms with Gasteiger partial charge in [-0.2, -0.15) is 0 Å². The summed E-state index contributed by atoms with van der Waals surface area (Å²) in [5, 5.41) is 0.599. The second-order valence-corrected chi connectivity index (χ2v) is 5.02. The lowest BCUT2D eigenvalue weighted by Crippen LogP contribution is -2.32. The third-order valence-electron chi connectivity index (χ3n) is 3.32. The summed E-state index contributed by atoms with van der Waals surface area (Å²) in [6.45, 7) is 3.66. The smallest absolute Gasteiger partial charge is 0.255 e. The highest BCUT2D eigenvalue weighted by Crippen LogP contribution is 2.23. The topological polar surface area (TPSA) is 20.3 Å². The van der Waals surface area contributed by atoms with Gasteiger partial charge in [0.15, 0.2) is 0 Å². The van der Waals surface area contributed by atoms with E-state index in [1.165, 1.54) is 12.8 Å². The van der Waals surface area contributed by atoms with Crippen molar-refractivity contribution >= 4 is 17.5 Å². The number of aryl methyl sites for hydroxylation is 1. The molecule has 1 heterocycles. The molecule has 0 spiro atoms. The molecule has 0 aliphatic carbocycles. The van der Waals surface area contributed by atoms with E-state index >= 15 is 0 Å². The zero-order valence-corrected chi connectivity index (χ0v) is 11.0. The van der Waals surface area contributed by atoms with Crippen LogP contribution in [0.15, 0.2) is 18.2 Å². The summed E-state index contributed by atoms with van der Waals surface area (Å²) in [7, 11) is 0. The van der Waals surface area contributed by atoms with Crippen LogP contribution in [-0.2, 0) is 0 Å². The van der Waals surface area contributed by atoms with E-state index < -0.39 is 0 Å². The Balaban J connectivity index is 2.20. The lowest BCUT2D eigenvalue weighted by molar-refractivity contribution is 0.0761. The number of amides is 1. The predicted molar refractivity (Wildman–Crippen MR) is 70.6 cm³/mol. The van der Waals surface area contributed by atoms with E-state index in [0.717, 1.165) is 31.5 Å². The van der Waals surface area contributed by atoms with E-state index in [-0.39, 0.29) is 5.91 Å². The van der Waals surface area contributed by atoms with Crippen molar-refractivity contribution in [1.29, 1.82) is 0 Å². The molecule has 1 saturated heterocycles. The fourth-order valence-corrected chi connectivity index (χ4v) is 2.46. The molecule has 3 heteroatoms. The Bertz CT molecular complexity index is 409. The molecule has 2 nitrogen and oxygen atoms in total. The van der Waals surface area contributed by atoms with Crippen LogP contribution in [0.5, 0.6) is 0 Å². The quantitative estimate of drug-likeness (QED) is 0.746. The summed E-state index contributed by atoms with van der Waals surface area (Å²) < 4.78 is 0. The highest BCUT2D eigenvalue weighted by Gasteiger charge is 2.19. The number of benzene rings is 1. The van der Waals surface area contributed by atoms with Crippen molar-refractivity contribution in [2.45, 2.75) is 32.6 Å². The Kier molecular flexibility index (Phi) is 4.06. The summed E-state index contributed by atoms with van der Waals surface area (Å²) in [6.07, 6.45) is 4.67. The number of rotatable bonds is 1. The summed E-state index contributed by atoms with van der Waals surface area (Å²) in [4.78, 5) is 14.3. The average molecular weight is 252 g/mol. The summed E-state index contributed by atoms with van der Waals surface area (Å²) >= 11 is 6.20. The van der Waals surface area contributed by atoms with Crippen molar-refractivity contribution in [1.82, 2.24) is 4.90 Å². The molecule has 0 saturated carbocycles. The van der Waals surface area contributed by atoms with Gasteiger partial charge in [-0.15, -0.1) is 0 Å². The molecule has 2 rings (SSSR count). The first-order chi connectivity index (χ1) is 8.20. The van der Waals surface area contributed by atoms with E-state index in [1.807, 2.05) is 30.0 Å². The van der Waals surface area contributed by atoms with E-state index in [0.29, 0.717) is 10.6 Å². The molecule has 0 radical (unpaired) electrons. The van der Waals surface area contributed by atoms with Gasteiger partial charge in [0.25, 0.3) is 5.91 Å². The maximum absolute atomic E-state index is 12.4. The van der Waals surface area contributed by atoms with Gasteiger partial charge < -0.3 is 4.90 Å². The Morgan fingerprint density at radius 1 is 1.18 bits per heavy atom. The van der Waals surface area contributed by atoms with E-state index in [1.54, 1.807) is 0 Å². The molecule has 17 heavy (non-hydrogen) atoms. The Labute approximate surface area is 108 Å². The van der Waals surface area contributed by atoms with Crippen LogP contribution >= 0.6 is 11.6 Å². The molecule has 1 fully saturated rings. The standard InChI is InChI=1S/C14H18ClNO/c1-11-7-6-8-12(13(11)15)14(17)16-9-4-2-3-5-10-16/h6-8H,2-5,9-10H2,1H3. The summed E-state index contributed by atoms with van der Waals surface area (Å²) in [5.74, 6) is 0.0839. The monoisotopic (exact) mass is 251 g/mol. The molecule has 0 atom stereocenters. The van der Waals surface area contributed by atoms with Crippen LogP contribution in [0.1, 0.15) is 41.6 Å². The molecule has 1 aromatic carbocycles. The minimum absolute atomic E-state index is 0.0839. The van der Waals surface area contributed by atoms with Crippen molar-refractivity contribution < 1.29 is 4.79 Å². The van der Waals surface area contributed by atoms with Crippen LogP contribution in [-0.4, -0.2) is 23.9 Å². The first kappa shape index (κ1) is 12.4. The maximum Gasteiger partial charge on any atom is 0.255 e. The molecule has 0 aromatic heterocycles. The van der Waals surface area contributed by atoms with Gasteiger partial charge in [-0.3, -0.25) is 4.79 Å². The Morgan fingerprint density at radius 2 is 1.82 bits per heavy atom. The number of hydrogen-bond donors (Lipinski definition) is 0. The number of carbonyl (C=O) groups excluding carboxylic acids is 1. The molecule has 1 amide bonds. The maximum atomic E-state index is 12.4. The van der Waals surface area contributed by atoms with Gasteiger partial charge in [-0.1, -0.05) is 36.6 Å². The Morgan fingerprint density at radius 3 is 2.47 bits per heavy atom. The van der Waals surface area contributed by atoms with Crippen LogP contribution in [0.25, 0.3) is 0 Å². The highest BCUT2D eigenvalue weighted by atomic mass is 35.5. The molecular weight excluding hydrogens is 234 g/mol. The molecule has 1 aliphatic heterocycles. The molecule has 1 aliphatic rings. The minimum Gasteiger partial charge on any atom is -0.339 e. The minimum atomic E-state index is 0.0839. The number of nitrogens with zero attached hydrogens (tertiary/aromatic N) is 1. The predicted octanol–water partition coefficient (Wildman–Crippen LogP) is 3.66. The number of likely N-dealkylation sites (tertiary alicyclic amines) is 1. The van der Waals surface area contributed by atoms with Crippen molar-refractivity contribution in [3.8, 4) is 0 Å². The molecule has 0 N–H and O–H groups in total. The first-order valence-corrected chi connectivity index (χ1v) is 6.62. The lowest BCUT2D eigenvalue weighted by Gasteiger charge is -2.21. The average Bonchev–Trinajstić information content (AvgIpc) is 2.60. The number of carbonyl (C=O) groups is 1. The van der Waals surface area contributed by atoms with E-state index in [9.17, 15) is 4.79 Å². The van der Waals surface area contributed by atoms with Gasteiger partial charge in [0.05, 0.1) is 10.6 Å². The van der Waals surface area contributed by atoms with Gasteiger partial charge >= 0.3 is 0 Å². The first-order valence-electron chi connectivity index (χ1n) is 6.24. The molecule has 0 bridgehead atoms. The van der Waals surface area contributed by atoms with Gasteiger partial charge in [0, 0.05) is 13.1 Å². The number of hydrogen-bond acceptors (Lipinski definition) is 1. The van der Waals surface area contributed by atoms with Crippen LogP contribution in [0, 0.1) is 6.92 Å². The van der Waals surface area contributed by atoms with Gasteiger partial charge in [0.2, 0.25) is 0 Å². The van der Waals surface area contributed by atoms with Gasteiger partial charge in [-0.25, -0.2) is 0 Å². The van der Waals surface area contributed by atoms with E-state index in [4.69, 9.17) is 11.6 Å². The third-order valence-corrected chi connectivity index (χ3v) is 3.82. The molecule has 0 unspecified atom stereocenters. The SMILES string of the molecule is Cc1cccc(C(=O)N2CCCCCC2)c1Cl. The zero-order chi connectivity index (χ0) is 12.3. The fraction of sp³-hybridized carbons (Fsp3) is 0.500. The van der Waals surface area contributed by atoms with Crippen molar-refractivity contribution in [2.24, 2.45) is 0 Å². The molecule has 92 valence electrons. The zero-order valence-electron chi connectivity index (χ0n) is 10.2. The van der Waals surface area contributed by atoms with Gasteiger partial charge in [0.1, 0.15) is 0 Å². The van der Waals surface area contributed by atoms with Crippen LogP contribution < -0.4 is 0 Å². The second kappa shape index (κ2) is 5.54. The van der Waals surface area contributed by atoms with E-state index in [2.05, 4.69) is 0 Å². The molecule has 1 aromatic rings. The lowest BCUT2D eigenvalue weighted by atomic mass is 10.1. The van der Waals surface area contributed by atoms with Crippen LogP contribution in [0.2, 0.25) is 5.02 Å². The fourth-order valence-electron chi connectivity index (χ4n) is 2.26. The van der Waals surface area contributed by atoms with Crippen molar-refractivity contribution in [2.75, 3.05) is 13.1 Å². The van der Waals surface area contributed by atoms with Crippen LogP contribution in [0.3, 0.4) is 0 Å². The Hall–Kier alpha value is -1.02. The summed E-state index contributed by atoms with van der Waals surface area (Å²) in [6, 6.07) is 5.65. The van der Waals surface area contributed by atoms with Gasteiger partial charge in [-0.05, 0) is 31.4 Å². The number of halogens is 1. The van der Waals surface area contributed by atoms with Crippen molar-refractivity contribution in [3.63, 3.8) is 0 Å². The van der Waals surface area contributed by atoms with Crippen LogP contribution in [0.4, 0.5) is 0 Å². The third kappa shape index (κ3) is 2.81. The highest BCUT2D eigenvalue weighted by molar-refractivity contribution is 6.34. The van der Waals surface area contributed by atoms with Crippen molar-refractivity contribution in [3.05, 3.63) is 34.3 Å². The molecular formula is C14H18ClNO. The normalized spacial score (nSPS) is 16.7. The second-order valence-electron chi connectivity index (χ2n) is 4.64. The summed E-state index contributed by atoms with van der Waals surface area (Å²) in [5.41, 5.74) is 1.61. The largest absolute Gasteiger partial charge is 0.339 e.